The van der Waals surface area contributed by atoms with Gasteiger partial charge in [0.15, 0.2) is 11.6 Å². The molecular formula is C31H31F2N5O5. The van der Waals surface area contributed by atoms with Crippen molar-refractivity contribution in [2.24, 2.45) is 0 Å². The van der Waals surface area contributed by atoms with Gasteiger partial charge in [-0.3, -0.25) is 14.6 Å². The van der Waals surface area contributed by atoms with Gasteiger partial charge in [-0.05, 0) is 75.7 Å². The molecule has 2 aromatic heterocycles. The Balaban J connectivity index is 1.43. The zero-order valence-corrected chi connectivity index (χ0v) is 24.0. The van der Waals surface area contributed by atoms with Crippen LogP contribution in [0.3, 0.4) is 0 Å². The average Bonchev–Trinajstić information content (AvgIpc) is 3.44. The molecule has 2 aromatic carbocycles. The fourth-order valence-corrected chi connectivity index (χ4v) is 4.18. The lowest BCUT2D eigenvalue weighted by Crippen LogP contribution is -2.48. The fraction of sp³-hybridized carbons (Fsp3) is 0.226. The number of carbonyl (C=O) groups is 3. The number of anilines is 1. The summed E-state index contributed by atoms with van der Waals surface area (Å²) < 4.78 is 34.4. The van der Waals surface area contributed by atoms with E-state index in [0.717, 1.165) is 11.6 Å². The molecule has 4 rings (SSSR count). The molecule has 0 radical (unpaired) electrons. The first kappa shape index (κ1) is 30.7. The first-order chi connectivity index (χ1) is 20.3. The van der Waals surface area contributed by atoms with Gasteiger partial charge in [0.1, 0.15) is 11.6 Å². The van der Waals surface area contributed by atoms with Crippen molar-refractivity contribution in [1.82, 2.24) is 20.2 Å². The maximum Gasteiger partial charge on any atom is 0.407 e. The number of nitrogens with zero attached hydrogens (tertiary/aromatic N) is 2. The topological polar surface area (TPSA) is 137 Å². The van der Waals surface area contributed by atoms with Crippen LogP contribution in [0.15, 0.2) is 67.0 Å². The maximum atomic E-state index is 14.6. The Kier molecular flexibility index (Phi) is 9.08. The first-order valence-electron chi connectivity index (χ1n) is 13.3. The molecule has 0 saturated carbocycles. The molecule has 0 aliphatic rings. The van der Waals surface area contributed by atoms with Gasteiger partial charge in [-0.2, -0.15) is 0 Å². The number of ether oxygens (including phenoxy) is 1. The van der Waals surface area contributed by atoms with Crippen molar-refractivity contribution < 1.29 is 33.0 Å². The molecule has 2 heterocycles. The molecule has 0 aliphatic heterocycles. The van der Waals surface area contributed by atoms with Gasteiger partial charge in [-0.15, -0.1) is 0 Å². The van der Waals surface area contributed by atoms with Crippen LogP contribution in [0.1, 0.15) is 47.1 Å². The molecule has 10 nitrogen and oxygen atoms in total. The largest absolute Gasteiger partial charge is 0.465 e. The summed E-state index contributed by atoms with van der Waals surface area (Å²) in [7, 11) is 0. The van der Waals surface area contributed by atoms with Crippen molar-refractivity contribution in [1.29, 1.82) is 0 Å². The third-order valence-corrected chi connectivity index (χ3v) is 6.41. The second-order valence-corrected chi connectivity index (χ2v) is 10.7. The molecule has 12 heteroatoms. The zero-order valence-electron chi connectivity index (χ0n) is 24.0. The van der Waals surface area contributed by atoms with Crippen LogP contribution < -0.4 is 15.4 Å². The number of aromatic nitrogens is 2. The predicted molar refractivity (Wildman–Crippen MR) is 156 cm³/mol. The minimum absolute atomic E-state index is 0.00158. The summed E-state index contributed by atoms with van der Waals surface area (Å²) in [5.41, 5.74) is 1.37. The Labute approximate surface area is 246 Å². The second-order valence-electron chi connectivity index (χ2n) is 10.7. The third kappa shape index (κ3) is 7.73. The lowest BCUT2D eigenvalue weighted by atomic mass is 10.1. The molecule has 4 aromatic rings. The molecule has 3 amide bonds. The van der Waals surface area contributed by atoms with Crippen molar-refractivity contribution in [2.45, 2.75) is 33.2 Å². The molecular weight excluding hydrogens is 560 g/mol. The number of hydrogen-bond donors (Lipinski definition) is 4. The summed E-state index contributed by atoms with van der Waals surface area (Å²) >= 11 is 0. The quantitative estimate of drug-likeness (QED) is 0.183. The number of pyridine rings is 1. The smallest absolute Gasteiger partial charge is 0.407 e. The molecule has 0 spiro atoms. The number of hydrogen-bond acceptors (Lipinski definition) is 5. The number of H-pyrrole nitrogens is 1. The number of benzene rings is 2. The SMILES string of the molecule is Cc1ccc(F)c(NC(=O)c2ccc(F)c(Oc3ccnc(-c4cc(C(=O)NCCN(C(=O)O)C(C)(C)C)c[nH]4)c3)c2)c1. The van der Waals surface area contributed by atoms with Crippen LogP contribution in [0.4, 0.5) is 19.3 Å². The highest BCUT2D eigenvalue weighted by Gasteiger charge is 2.25. The van der Waals surface area contributed by atoms with Crippen LogP contribution in [0, 0.1) is 18.6 Å². The van der Waals surface area contributed by atoms with Crippen LogP contribution in [0.5, 0.6) is 11.5 Å². The summed E-state index contributed by atoms with van der Waals surface area (Å²) in [5.74, 6) is -2.39. The van der Waals surface area contributed by atoms with Gasteiger partial charge in [0.25, 0.3) is 11.8 Å². The normalized spacial score (nSPS) is 11.1. The molecule has 4 N–H and O–H groups in total. The van der Waals surface area contributed by atoms with E-state index in [0.29, 0.717) is 17.0 Å². The Bertz CT molecular complexity index is 1660. The van der Waals surface area contributed by atoms with Crippen molar-refractivity contribution in [3.05, 3.63) is 95.3 Å². The number of nitrogens with one attached hydrogen (secondary N) is 3. The third-order valence-electron chi connectivity index (χ3n) is 6.41. The van der Waals surface area contributed by atoms with E-state index in [1.54, 1.807) is 39.8 Å². The van der Waals surface area contributed by atoms with Crippen LogP contribution in [0.2, 0.25) is 0 Å². The average molecular weight is 592 g/mol. The van der Waals surface area contributed by atoms with Gasteiger partial charge in [0.05, 0.1) is 22.6 Å². The van der Waals surface area contributed by atoms with E-state index in [1.165, 1.54) is 53.7 Å². The van der Waals surface area contributed by atoms with E-state index in [4.69, 9.17) is 4.74 Å². The zero-order chi connectivity index (χ0) is 31.3. The van der Waals surface area contributed by atoms with Crippen LogP contribution in [0.25, 0.3) is 11.4 Å². The van der Waals surface area contributed by atoms with E-state index in [1.807, 2.05) is 0 Å². The van der Waals surface area contributed by atoms with Crippen LogP contribution >= 0.6 is 0 Å². The number of rotatable bonds is 9. The van der Waals surface area contributed by atoms with Gasteiger partial charge >= 0.3 is 6.09 Å². The molecule has 0 atom stereocenters. The van der Waals surface area contributed by atoms with Crippen molar-refractivity contribution in [3.8, 4) is 22.9 Å². The van der Waals surface area contributed by atoms with Crippen molar-refractivity contribution in [2.75, 3.05) is 18.4 Å². The maximum absolute atomic E-state index is 14.6. The van der Waals surface area contributed by atoms with Gasteiger partial charge < -0.3 is 30.4 Å². The summed E-state index contributed by atoms with van der Waals surface area (Å²) in [4.78, 5) is 45.3. The lowest BCUT2D eigenvalue weighted by Gasteiger charge is -2.33. The molecule has 0 saturated heterocycles. The van der Waals surface area contributed by atoms with Crippen molar-refractivity contribution in [3.63, 3.8) is 0 Å². The first-order valence-corrected chi connectivity index (χ1v) is 13.3. The Morgan fingerprint density at radius 1 is 0.977 bits per heavy atom. The summed E-state index contributed by atoms with van der Waals surface area (Å²) in [6.45, 7) is 7.30. The number of amides is 3. The number of halogens is 2. The molecule has 0 bridgehead atoms. The van der Waals surface area contributed by atoms with Gasteiger partial charge in [-0.1, -0.05) is 6.07 Å². The highest BCUT2D eigenvalue weighted by molar-refractivity contribution is 6.04. The molecule has 0 aliphatic carbocycles. The standard InChI is InChI=1S/C31H31F2N5O5/c1-18-5-7-22(32)24(13-18)37-29(40)19-6-8-23(33)27(15-19)43-21-9-10-34-26(16-21)25-14-20(17-36-25)28(39)35-11-12-38(30(41)42)31(2,3)4/h5-10,13-17,36H,11-12H2,1-4H3,(H,35,39)(H,37,40)(H,41,42). The molecule has 0 unspecified atom stereocenters. The molecule has 224 valence electrons. The summed E-state index contributed by atoms with van der Waals surface area (Å²) in [6, 6.07) is 12.4. The van der Waals surface area contributed by atoms with Crippen LogP contribution in [-0.4, -0.2) is 56.5 Å². The Morgan fingerprint density at radius 3 is 2.44 bits per heavy atom. The second kappa shape index (κ2) is 12.7. The number of aromatic amines is 1. The summed E-state index contributed by atoms with van der Waals surface area (Å²) in [5, 5.41) is 14.6. The van der Waals surface area contributed by atoms with E-state index >= 15 is 0 Å². The molecule has 43 heavy (non-hydrogen) atoms. The van der Waals surface area contributed by atoms with E-state index < -0.39 is 35.1 Å². The lowest BCUT2D eigenvalue weighted by molar-refractivity contribution is 0.0892. The van der Waals surface area contributed by atoms with Gasteiger partial charge in [0, 0.05) is 42.7 Å². The highest BCUT2D eigenvalue weighted by Crippen LogP contribution is 2.29. The number of carbonyl (C=O) groups excluding carboxylic acids is 2. The highest BCUT2D eigenvalue weighted by atomic mass is 19.1. The fourth-order valence-electron chi connectivity index (χ4n) is 4.18. The van der Waals surface area contributed by atoms with Gasteiger partial charge in [0.2, 0.25) is 0 Å². The minimum atomic E-state index is -1.08. The summed E-state index contributed by atoms with van der Waals surface area (Å²) in [6.07, 6.45) is 1.84. The number of aryl methyl sites for hydroxylation is 1. The number of carboxylic acid groups (broad SMARTS) is 1. The Morgan fingerprint density at radius 2 is 1.72 bits per heavy atom. The van der Waals surface area contributed by atoms with Crippen LogP contribution in [-0.2, 0) is 0 Å². The van der Waals surface area contributed by atoms with E-state index in [-0.39, 0.29) is 35.8 Å². The van der Waals surface area contributed by atoms with E-state index in [2.05, 4.69) is 20.6 Å². The van der Waals surface area contributed by atoms with E-state index in [9.17, 15) is 28.3 Å². The van der Waals surface area contributed by atoms with Gasteiger partial charge in [-0.25, -0.2) is 13.6 Å². The monoisotopic (exact) mass is 591 g/mol. The molecule has 0 fully saturated rings. The van der Waals surface area contributed by atoms with Crippen molar-refractivity contribution >= 4 is 23.6 Å². The predicted octanol–water partition coefficient (Wildman–Crippen LogP) is 6.22. The minimum Gasteiger partial charge on any atom is -0.465 e. The Hall–Kier alpha value is -5.26.